The van der Waals surface area contributed by atoms with Crippen LogP contribution in [0.5, 0.6) is 5.75 Å². The van der Waals surface area contributed by atoms with Crippen molar-refractivity contribution >= 4 is 18.3 Å². The largest absolute Gasteiger partial charge is 0.478 e. The molecule has 1 aliphatic heterocycles. The molecule has 1 fully saturated rings. The van der Waals surface area contributed by atoms with Gasteiger partial charge in [-0.2, -0.15) is 0 Å². The third-order valence-electron chi connectivity index (χ3n) is 3.18. The summed E-state index contributed by atoms with van der Waals surface area (Å²) in [5, 5.41) is 6.10. The van der Waals surface area contributed by atoms with Crippen LogP contribution in [0.2, 0.25) is 0 Å². The van der Waals surface area contributed by atoms with Crippen molar-refractivity contribution in [1.29, 1.82) is 0 Å². The maximum atomic E-state index is 13.5. The fourth-order valence-corrected chi connectivity index (χ4v) is 2.09. The minimum atomic E-state index is -0.655. The van der Waals surface area contributed by atoms with Gasteiger partial charge in [0.05, 0.1) is 0 Å². The van der Waals surface area contributed by atoms with E-state index < -0.39 is 11.9 Å². The van der Waals surface area contributed by atoms with Gasteiger partial charge in [-0.3, -0.25) is 4.79 Å². The minimum Gasteiger partial charge on any atom is -0.478 e. The molecule has 0 aromatic heterocycles. The average Bonchev–Trinajstić information content (AvgIpc) is 2.90. The van der Waals surface area contributed by atoms with E-state index in [1.807, 2.05) is 6.92 Å². The van der Waals surface area contributed by atoms with Gasteiger partial charge in [0, 0.05) is 12.6 Å². The molecule has 1 saturated heterocycles. The number of hydrogen-bond acceptors (Lipinski definition) is 3. The van der Waals surface area contributed by atoms with E-state index in [2.05, 4.69) is 10.6 Å². The lowest BCUT2D eigenvalue weighted by molar-refractivity contribution is -0.128. The Kier molecular flexibility index (Phi) is 6.75. The first-order valence-corrected chi connectivity index (χ1v) is 6.63. The summed E-state index contributed by atoms with van der Waals surface area (Å²) in [6.45, 7) is 3.54. The van der Waals surface area contributed by atoms with Crippen molar-refractivity contribution in [1.82, 2.24) is 10.6 Å². The number of carbonyl (C=O) groups is 1. The Bertz CT molecular complexity index is 439. The van der Waals surface area contributed by atoms with Crippen molar-refractivity contribution in [2.45, 2.75) is 31.9 Å². The molecule has 2 rings (SSSR count). The van der Waals surface area contributed by atoms with Crippen LogP contribution in [0.1, 0.15) is 19.8 Å². The average molecular weight is 303 g/mol. The Morgan fingerprint density at radius 2 is 2.30 bits per heavy atom. The van der Waals surface area contributed by atoms with Crippen LogP contribution in [-0.4, -0.2) is 31.1 Å². The summed E-state index contributed by atoms with van der Waals surface area (Å²) in [7, 11) is 0. The third-order valence-corrected chi connectivity index (χ3v) is 3.18. The quantitative estimate of drug-likeness (QED) is 0.873. The Morgan fingerprint density at radius 3 is 2.90 bits per heavy atom. The van der Waals surface area contributed by atoms with E-state index in [1.165, 1.54) is 12.1 Å². The molecule has 1 heterocycles. The molecule has 1 aliphatic rings. The first-order valence-electron chi connectivity index (χ1n) is 6.63. The molecule has 2 atom stereocenters. The van der Waals surface area contributed by atoms with E-state index in [-0.39, 0.29) is 30.1 Å². The molecule has 2 unspecified atom stereocenters. The van der Waals surface area contributed by atoms with Crippen LogP contribution in [-0.2, 0) is 4.79 Å². The fraction of sp³-hybridized carbons (Fsp3) is 0.500. The SMILES string of the molecule is CCC(Oc1ccccc1F)C(=O)NC1CCNC1.Cl. The van der Waals surface area contributed by atoms with Crippen LogP contribution in [0.4, 0.5) is 4.39 Å². The summed E-state index contributed by atoms with van der Waals surface area (Å²) in [6, 6.07) is 6.27. The summed E-state index contributed by atoms with van der Waals surface area (Å²) >= 11 is 0. The van der Waals surface area contributed by atoms with Gasteiger partial charge in [-0.05, 0) is 31.5 Å². The van der Waals surface area contributed by atoms with E-state index in [1.54, 1.807) is 12.1 Å². The highest BCUT2D eigenvalue weighted by molar-refractivity contribution is 5.85. The molecule has 1 amide bonds. The molecule has 0 aliphatic carbocycles. The van der Waals surface area contributed by atoms with Gasteiger partial charge in [0.25, 0.3) is 5.91 Å². The van der Waals surface area contributed by atoms with Crippen molar-refractivity contribution < 1.29 is 13.9 Å². The van der Waals surface area contributed by atoms with E-state index in [0.29, 0.717) is 6.42 Å². The zero-order chi connectivity index (χ0) is 13.7. The lowest BCUT2D eigenvalue weighted by atomic mass is 10.2. The molecule has 20 heavy (non-hydrogen) atoms. The molecule has 1 aromatic carbocycles. The third kappa shape index (κ3) is 4.35. The number of rotatable bonds is 5. The lowest BCUT2D eigenvalue weighted by Crippen LogP contribution is -2.44. The predicted molar refractivity (Wildman–Crippen MR) is 77.8 cm³/mol. The van der Waals surface area contributed by atoms with E-state index in [9.17, 15) is 9.18 Å². The number of para-hydroxylation sites is 1. The summed E-state index contributed by atoms with van der Waals surface area (Å²) < 4.78 is 18.9. The maximum Gasteiger partial charge on any atom is 0.261 e. The number of nitrogens with one attached hydrogen (secondary N) is 2. The van der Waals surface area contributed by atoms with Crippen LogP contribution >= 0.6 is 12.4 Å². The lowest BCUT2D eigenvalue weighted by Gasteiger charge is -2.20. The number of carbonyl (C=O) groups excluding carboxylic acids is 1. The van der Waals surface area contributed by atoms with Crippen LogP contribution < -0.4 is 15.4 Å². The number of amides is 1. The molecule has 112 valence electrons. The number of ether oxygens (including phenoxy) is 1. The van der Waals surface area contributed by atoms with Gasteiger partial charge in [-0.1, -0.05) is 19.1 Å². The zero-order valence-corrected chi connectivity index (χ0v) is 12.2. The molecular formula is C14H20ClFN2O2. The number of halogens is 2. The van der Waals surface area contributed by atoms with Crippen molar-refractivity contribution in [3.63, 3.8) is 0 Å². The molecule has 1 aromatic rings. The van der Waals surface area contributed by atoms with Gasteiger partial charge in [-0.15, -0.1) is 12.4 Å². The highest BCUT2D eigenvalue weighted by atomic mass is 35.5. The highest BCUT2D eigenvalue weighted by Gasteiger charge is 2.24. The van der Waals surface area contributed by atoms with Crippen LogP contribution in [0.25, 0.3) is 0 Å². The van der Waals surface area contributed by atoms with Crippen LogP contribution in [0, 0.1) is 5.82 Å². The minimum absolute atomic E-state index is 0. The van der Waals surface area contributed by atoms with Gasteiger partial charge in [0.15, 0.2) is 17.7 Å². The second kappa shape index (κ2) is 8.07. The molecule has 4 nitrogen and oxygen atoms in total. The maximum absolute atomic E-state index is 13.5. The molecule has 0 bridgehead atoms. The Morgan fingerprint density at radius 1 is 1.55 bits per heavy atom. The smallest absolute Gasteiger partial charge is 0.261 e. The van der Waals surface area contributed by atoms with Gasteiger partial charge >= 0.3 is 0 Å². The number of benzene rings is 1. The van der Waals surface area contributed by atoms with Crippen molar-refractivity contribution in [3.05, 3.63) is 30.1 Å². The summed E-state index contributed by atoms with van der Waals surface area (Å²) in [4.78, 5) is 12.1. The predicted octanol–water partition coefficient (Wildman–Crippen LogP) is 1.88. The summed E-state index contributed by atoms with van der Waals surface area (Å²) in [5.41, 5.74) is 0. The number of hydrogen-bond donors (Lipinski definition) is 2. The second-order valence-electron chi connectivity index (χ2n) is 4.64. The summed E-state index contributed by atoms with van der Waals surface area (Å²) in [6.07, 6.45) is 0.764. The van der Waals surface area contributed by atoms with E-state index in [4.69, 9.17) is 4.74 Å². The summed E-state index contributed by atoms with van der Waals surface area (Å²) in [5.74, 6) is -0.509. The van der Waals surface area contributed by atoms with E-state index in [0.717, 1.165) is 19.5 Å². The van der Waals surface area contributed by atoms with Crippen molar-refractivity contribution in [3.8, 4) is 5.75 Å². The topological polar surface area (TPSA) is 50.4 Å². The highest BCUT2D eigenvalue weighted by Crippen LogP contribution is 2.18. The molecule has 0 radical (unpaired) electrons. The van der Waals surface area contributed by atoms with Crippen LogP contribution in [0.3, 0.4) is 0 Å². The molecular weight excluding hydrogens is 283 g/mol. The van der Waals surface area contributed by atoms with Gasteiger partial charge in [0.2, 0.25) is 0 Å². The van der Waals surface area contributed by atoms with Gasteiger partial charge < -0.3 is 15.4 Å². The monoisotopic (exact) mass is 302 g/mol. The van der Waals surface area contributed by atoms with Gasteiger partial charge in [-0.25, -0.2) is 4.39 Å². The first kappa shape index (κ1) is 16.7. The molecule has 6 heteroatoms. The zero-order valence-electron chi connectivity index (χ0n) is 11.4. The van der Waals surface area contributed by atoms with Crippen molar-refractivity contribution in [2.75, 3.05) is 13.1 Å². The Balaban J connectivity index is 0.00000200. The second-order valence-corrected chi connectivity index (χ2v) is 4.64. The first-order chi connectivity index (χ1) is 9.20. The molecule has 0 spiro atoms. The normalized spacial score (nSPS) is 19.0. The van der Waals surface area contributed by atoms with Crippen molar-refractivity contribution in [2.24, 2.45) is 0 Å². The Labute approximate surface area is 124 Å². The standard InChI is InChI=1S/C14H19FN2O2.ClH/c1-2-12(14(18)17-10-7-8-16-9-10)19-13-6-4-3-5-11(13)15;/h3-6,10,12,16H,2,7-9H2,1H3,(H,17,18);1H. The van der Waals surface area contributed by atoms with Gasteiger partial charge in [0.1, 0.15) is 0 Å². The molecule has 2 N–H and O–H groups in total. The van der Waals surface area contributed by atoms with E-state index >= 15 is 0 Å². The van der Waals surface area contributed by atoms with Crippen LogP contribution in [0.15, 0.2) is 24.3 Å². The fourth-order valence-electron chi connectivity index (χ4n) is 2.09. The Hall–Kier alpha value is -1.33. The molecule has 0 saturated carbocycles.